The van der Waals surface area contributed by atoms with Gasteiger partial charge < -0.3 is 0 Å². The van der Waals surface area contributed by atoms with E-state index in [-0.39, 0.29) is 0 Å². The highest BCUT2D eigenvalue weighted by Gasteiger charge is 2.50. The van der Waals surface area contributed by atoms with Crippen molar-refractivity contribution in [3.05, 3.63) is 73.3 Å². The Balaban J connectivity index is 2.69. The molecule has 0 spiro atoms. The molecule has 0 amide bonds. The maximum atomic E-state index is 4.18. The predicted molar refractivity (Wildman–Crippen MR) is 120 cm³/mol. The molecule has 1 heteroatoms. The summed E-state index contributed by atoms with van der Waals surface area (Å²) in [4.78, 5) is 0. The van der Waals surface area contributed by atoms with Gasteiger partial charge in [-0.15, -0.1) is 6.58 Å². The second-order valence-electron chi connectivity index (χ2n) is 7.84. The third kappa shape index (κ3) is 4.20. The number of hydrogen-bond acceptors (Lipinski definition) is 0. The summed E-state index contributed by atoms with van der Waals surface area (Å²) >= 11 is 0. The molecule has 2 rings (SSSR count). The Morgan fingerprint density at radius 1 is 0.808 bits per heavy atom. The van der Waals surface area contributed by atoms with Crippen molar-refractivity contribution >= 4 is 18.4 Å². The molecule has 0 aliphatic carbocycles. The fraction of sp³-hybridized carbons (Fsp3) is 0.440. The molecule has 0 N–H and O–H groups in total. The van der Waals surface area contributed by atoms with Crippen molar-refractivity contribution in [2.75, 3.05) is 0 Å². The first-order valence-corrected chi connectivity index (χ1v) is 12.9. The maximum absolute atomic E-state index is 4.18. The average molecular weight is 365 g/mol. The quantitative estimate of drug-likeness (QED) is 0.312. The number of rotatable bonds is 11. The van der Waals surface area contributed by atoms with E-state index in [2.05, 4.69) is 93.7 Å². The minimum atomic E-state index is -1.95. The van der Waals surface area contributed by atoms with Gasteiger partial charge in [0.2, 0.25) is 0 Å². The molecule has 0 radical (unpaired) electrons. The molecule has 0 saturated heterocycles. The van der Waals surface area contributed by atoms with E-state index in [9.17, 15) is 0 Å². The summed E-state index contributed by atoms with van der Waals surface area (Å²) in [6.07, 6.45) is 11.1. The van der Waals surface area contributed by atoms with Crippen LogP contribution in [0, 0.1) is 0 Å². The topological polar surface area (TPSA) is 0 Å². The zero-order valence-electron chi connectivity index (χ0n) is 17.0. The standard InChI is InChI=1S/C25H36Si/c1-5-8-21-25(20-7-3,22-9-6-2)26(4,23-16-12-10-13-17-23)24-18-14-11-15-19-24/h7,10-19H,3,5-6,8-9,20-22H2,1-2,4H3. The van der Waals surface area contributed by atoms with E-state index >= 15 is 0 Å². The van der Waals surface area contributed by atoms with Gasteiger partial charge in [-0.3, -0.25) is 0 Å². The first-order valence-electron chi connectivity index (χ1n) is 10.4. The summed E-state index contributed by atoms with van der Waals surface area (Å²) < 4.78 is 0. The Morgan fingerprint density at radius 2 is 1.23 bits per heavy atom. The van der Waals surface area contributed by atoms with Crippen LogP contribution in [0.25, 0.3) is 0 Å². The lowest BCUT2D eigenvalue weighted by Gasteiger charge is -2.49. The van der Waals surface area contributed by atoms with Crippen LogP contribution in [-0.2, 0) is 0 Å². The van der Waals surface area contributed by atoms with E-state index in [1.807, 2.05) is 0 Å². The molecule has 0 aliphatic rings. The van der Waals surface area contributed by atoms with Gasteiger partial charge in [0.05, 0.1) is 0 Å². The maximum Gasteiger partial charge on any atom is 0.121 e. The minimum Gasteiger partial charge on any atom is -0.103 e. The van der Waals surface area contributed by atoms with Gasteiger partial charge in [0.1, 0.15) is 8.07 Å². The summed E-state index contributed by atoms with van der Waals surface area (Å²) in [5, 5.41) is 3.48. The van der Waals surface area contributed by atoms with Crippen molar-refractivity contribution in [1.82, 2.24) is 0 Å². The average Bonchev–Trinajstić information content (AvgIpc) is 2.71. The summed E-state index contributed by atoms with van der Waals surface area (Å²) in [7, 11) is -1.95. The van der Waals surface area contributed by atoms with Crippen LogP contribution in [0.2, 0.25) is 11.6 Å². The van der Waals surface area contributed by atoms with Crippen LogP contribution in [0.3, 0.4) is 0 Å². The van der Waals surface area contributed by atoms with E-state index in [1.54, 1.807) is 10.4 Å². The molecule has 0 nitrogen and oxygen atoms in total. The van der Waals surface area contributed by atoms with E-state index in [1.165, 1.54) is 38.5 Å². The van der Waals surface area contributed by atoms with E-state index in [4.69, 9.17) is 0 Å². The smallest absolute Gasteiger partial charge is 0.103 e. The SMILES string of the molecule is C=CCC(CCCC)(CCCC)[Si](C)(c1ccccc1)c1ccccc1. The summed E-state index contributed by atoms with van der Waals surface area (Å²) in [5.41, 5.74) is 0. The van der Waals surface area contributed by atoms with E-state index in [0.29, 0.717) is 5.04 Å². The minimum absolute atomic E-state index is 0.337. The number of allylic oxidation sites excluding steroid dienone is 1. The normalized spacial score (nSPS) is 12.1. The fourth-order valence-electron chi connectivity index (χ4n) is 4.66. The van der Waals surface area contributed by atoms with Crippen LogP contribution in [-0.4, -0.2) is 8.07 Å². The van der Waals surface area contributed by atoms with Gasteiger partial charge in [-0.2, -0.15) is 0 Å². The van der Waals surface area contributed by atoms with Gasteiger partial charge in [0.25, 0.3) is 0 Å². The van der Waals surface area contributed by atoms with E-state index in [0.717, 1.165) is 6.42 Å². The second-order valence-corrected chi connectivity index (χ2v) is 12.3. The molecule has 140 valence electrons. The first kappa shape index (κ1) is 20.7. The number of benzene rings is 2. The highest BCUT2D eigenvalue weighted by Crippen LogP contribution is 2.50. The second kappa shape index (κ2) is 9.92. The molecule has 0 atom stereocenters. The third-order valence-electron chi connectivity index (χ3n) is 6.32. The van der Waals surface area contributed by atoms with Gasteiger partial charge in [-0.05, 0) is 24.3 Å². The summed E-state index contributed by atoms with van der Waals surface area (Å²) in [5.74, 6) is 0. The van der Waals surface area contributed by atoms with Gasteiger partial charge in [0.15, 0.2) is 0 Å². The molecule has 0 saturated carbocycles. The van der Waals surface area contributed by atoms with Crippen LogP contribution >= 0.6 is 0 Å². The van der Waals surface area contributed by atoms with Crippen molar-refractivity contribution in [1.29, 1.82) is 0 Å². The van der Waals surface area contributed by atoms with Crippen LogP contribution in [0.1, 0.15) is 58.8 Å². The van der Waals surface area contributed by atoms with Crippen LogP contribution in [0.15, 0.2) is 73.3 Å². The summed E-state index contributed by atoms with van der Waals surface area (Å²) in [6.45, 7) is 11.4. The Kier molecular flexibility index (Phi) is 7.90. The third-order valence-corrected chi connectivity index (χ3v) is 12.1. The number of hydrogen-bond donors (Lipinski definition) is 0. The van der Waals surface area contributed by atoms with Crippen molar-refractivity contribution in [2.45, 2.75) is 70.4 Å². The molecule has 2 aromatic carbocycles. The zero-order chi connectivity index (χ0) is 18.9. The Morgan fingerprint density at radius 3 is 1.58 bits per heavy atom. The lowest BCUT2D eigenvalue weighted by Crippen LogP contribution is -2.64. The first-order chi connectivity index (χ1) is 12.6. The molecule has 2 aromatic rings. The van der Waals surface area contributed by atoms with Crippen LogP contribution < -0.4 is 10.4 Å². The van der Waals surface area contributed by atoms with Crippen molar-refractivity contribution < 1.29 is 0 Å². The molecule has 0 aromatic heterocycles. The Hall–Kier alpha value is -1.60. The predicted octanol–water partition coefficient (Wildman–Crippen LogP) is 6.58. The summed E-state index contributed by atoms with van der Waals surface area (Å²) in [6, 6.07) is 22.7. The Bertz CT molecular complexity index is 597. The monoisotopic (exact) mass is 364 g/mol. The van der Waals surface area contributed by atoms with E-state index < -0.39 is 8.07 Å². The van der Waals surface area contributed by atoms with Crippen molar-refractivity contribution in [2.24, 2.45) is 0 Å². The highest BCUT2D eigenvalue weighted by atomic mass is 28.3. The van der Waals surface area contributed by atoms with Gasteiger partial charge in [0, 0.05) is 0 Å². The van der Waals surface area contributed by atoms with Gasteiger partial charge in [-0.1, -0.05) is 123 Å². The lowest BCUT2D eigenvalue weighted by molar-refractivity contribution is 0.431. The largest absolute Gasteiger partial charge is 0.121 e. The molecule has 26 heavy (non-hydrogen) atoms. The molecule has 0 bridgehead atoms. The molecule has 0 heterocycles. The van der Waals surface area contributed by atoms with Crippen LogP contribution in [0.4, 0.5) is 0 Å². The molecule has 0 fully saturated rings. The zero-order valence-corrected chi connectivity index (χ0v) is 18.0. The fourth-order valence-corrected chi connectivity index (χ4v) is 9.84. The van der Waals surface area contributed by atoms with Crippen molar-refractivity contribution in [3.63, 3.8) is 0 Å². The molecular weight excluding hydrogens is 328 g/mol. The lowest BCUT2D eigenvalue weighted by atomic mass is 9.91. The van der Waals surface area contributed by atoms with Crippen LogP contribution in [0.5, 0.6) is 0 Å². The van der Waals surface area contributed by atoms with Crippen molar-refractivity contribution in [3.8, 4) is 0 Å². The molecule has 0 aliphatic heterocycles. The Labute approximate surface area is 162 Å². The molecule has 0 unspecified atom stereocenters. The number of unbranched alkanes of at least 4 members (excludes halogenated alkanes) is 2. The highest BCUT2D eigenvalue weighted by molar-refractivity contribution is 7.03. The molecular formula is C25H36Si. The van der Waals surface area contributed by atoms with Gasteiger partial charge >= 0.3 is 0 Å². The van der Waals surface area contributed by atoms with Gasteiger partial charge in [-0.25, -0.2) is 0 Å².